The summed E-state index contributed by atoms with van der Waals surface area (Å²) in [4.78, 5) is 30.3. The summed E-state index contributed by atoms with van der Waals surface area (Å²) in [5, 5.41) is 0.322. The van der Waals surface area contributed by atoms with E-state index < -0.39 is 5.72 Å². The number of hydrogen-bond donors (Lipinski definition) is 0. The largest absolute Gasteiger partial charge is 0.338 e. The van der Waals surface area contributed by atoms with Gasteiger partial charge in [0.2, 0.25) is 0 Å². The van der Waals surface area contributed by atoms with Gasteiger partial charge in [0.25, 0.3) is 17.5 Å². The number of fused-ring (bicyclic) bond motifs is 3. The van der Waals surface area contributed by atoms with E-state index in [9.17, 15) is 9.59 Å². The van der Waals surface area contributed by atoms with Crippen LogP contribution in [0.3, 0.4) is 0 Å². The van der Waals surface area contributed by atoms with Gasteiger partial charge >= 0.3 is 0 Å². The Labute approximate surface area is 173 Å². The number of benzene rings is 3. The van der Waals surface area contributed by atoms with Crippen molar-refractivity contribution < 1.29 is 14.3 Å². The van der Waals surface area contributed by atoms with Crippen molar-refractivity contribution >= 4 is 34.8 Å². The van der Waals surface area contributed by atoms with Crippen molar-refractivity contribution in [1.82, 2.24) is 0 Å². The molecule has 2 aliphatic heterocycles. The monoisotopic (exact) mass is 404 g/mol. The van der Waals surface area contributed by atoms with Crippen molar-refractivity contribution in [2.45, 2.75) is 12.3 Å². The second kappa shape index (κ2) is 6.44. The first-order chi connectivity index (χ1) is 14.1. The Morgan fingerprint density at radius 3 is 2.41 bits per heavy atom. The minimum absolute atomic E-state index is 0.219. The van der Waals surface area contributed by atoms with E-state index in [-0.39, 0.29) is 18.4 Å². The van der Waals surface area contributed by atoms with Crippen LogP contribution in [-0.2, 0) is 21.9 Å². The lowest BCUT2D eigenvalue weighted by atomic mass is 9.96. The SMILES string of the molecule is CN1C(=O)[C@]2(OCc3ccccc3N2C(=O)c2ccccc2Cl)c2ccccc21. The topological polar surface area (TPSA) is 49.9 Å². The summed E-state index contributed by atoms with van der Waals surface area (Å²) in [7, 11) is 1.69. The van der Waals surface area contributed by atoms with Crippen LogP contribution in [-0.4, -0.2) is 18.9 Å². The molecule has 0 aliphatic carbocycles. The first-order valence-electron chi connectivity index (χ1n) is 9.24. The van der Waals surface area contributed by atoms with Crippen LogP contribution >= 0.6 is 11.6 Å². The number of carbonyl (C=O) groups is 2. The third kappa shape index (κ3) is 2.38. The van der Waals surface area contributed by atoms with Crippen LogP contribution in [0.15, 0.2) is 72.8 Å². The van der Waals surface area contributed by atoms with Gasteiger partial charge in [0.1, 0.15) is 0 Å². The molecule has 6 heteroatoms. The second-order valence-corrected chi connectivity index (χ2v) is 7.47. The van der Waals surface area contributed by atoms with Crippen molar-refractivity contribution in [3.63, 3.8) is 0 Å². The van der Waals surface area contributed by atoms with Crippen LogP contribution in [0.5, 0.6) is 0 Å². The molecule has 0 bridgehead atoms. The molecule has 5 nitrogen and oxygen atoms in total. The summed E-state index contributed by atoms with van der Waals surface area (Å²) in [6, 6.07) is 21.7. The Bertz CT molecular complexity index is 1160. The molecule has 0 aromatic heterocycles. The van der Waals surface area contributed by atoms with E-state index in [1.54, 1.807) is 31.3 Å². The number of amides is 2. The molecular weight excluding hydrogens is 388 g/mol. The smallest absolute Gasteiger partial charge is 0.285 e. The highest BCUT2D eigenvalue weighted by Gasteiger charge is 2.59. The van der Waals surface area contributed by atoms with Crippen LogP contribution in [0.4, 0.5) is 11.4 Å². The fourth-order valence-electron chi connectivity index (χ4n) is 4.14. The van der Waals surface area contributed by atoms with Gasteiger partial charge in [-0.05, 0) is 24.3 Å². The van der Waals surface area contributed by atoms with Crippen molar-refractivity contribution in [2.24, 2.45) is 0 Å². The molecule has 1 atom stereocenters. The van der Waals surface area contributed by atoms with E-state index in [4.69, 9.17) is 16.3 Å². The molecule has 3 aromatic carbocycles. The molecule has 0 N–H and O–H groups in total. The van der Waals surface area contributed by atoms with Gasteiger partial charge < -0.3 is 9.64 Å². The van der Waals surface area contributed by atoms with E-state index >= 15 is 0 Å². The van der Waals surface area contributed by atoms with Gasteiger partial charge in [0, 0.05) is 18.2 Å². The Hall–Kier alpha value is -3.15. The lowest BCUT2D eigenvalue weighted by molar-refractivity contribution is -0.146. The highest BCUT2D eigenvalue weighted by molar-refractivity contribution is 6.35. The fourth-order valence-corrected chi connectivity index (χ4v) is 4.35. The molecule has 0 radical (unpaired) electrons. The van der Waals surface area contributed by atoms with Gasteiger partial charge in [-0.15, -0.1) is 0 Å². The lowest BCUT2D eigenvalue weighted by Crippen LogP contribution is -2.59. The summed E-state index contributed by atoms with van der Waals surface area (Å²) < 4.78 is 6.23. The van der Waals surface area contributed by atoms with Gasteiger partial charge in [-0.2, -0.15) is 0 Å². The summed E-state index contributed by atoms with van der Waals surface area (Å²) in [6.45, 7) is 0.219. The van der Waals surface area contributed by atoms with Gasteiger partial charge in [-0.1, -0.05) is 60.1 Å². The van der Waals surface area contributed by atoms with E-state index in [0.717, 1.165) is 5.56 Å². The zero-order valence-corrected chi connectivity index (χ0v) is 16.4. The molecule has 0 fully saturated rings. The Balaban J connectivity index is 1.80. The third-order valence-electron chi connectivity index (χ3n) is 5.52. The number of hydrogen-bond acceptors (Lipinski definition) is 3. The zero-order valence-electron chi connectivity index (χ0n) is 15.6. The van der Waals surface area contributed by atoms with Gasteiger partial charge in [0.05, 0.1) is 28.6 Å². The molecule has 0 saturated heterocycles. The number of carbonyl (C=O) groups excluding carboxylic acids is 2. The van der Waals surface area contributed by atoms with Crippen LogP contribution in [0.1, 0.15) is 21.5 Å². The predicted molar refractivity (Wildman–Crippen MR) is 111 cm³/mol. The van der Waals surface area contributed by atoms with E-state index in [1.807, 2.05) is 48.5 Å². The Morgan fingerprint density at radius 1 is 0.966 bits per heavy atom. The third-order valence-corrected chi connectivity index (χ3v) is 5.85. The highest BCUT2D eigenvalue weighted by Crippen LogP contribution is 2.50. The molecule has 2 heterocycles. The summed E-state index contributed by atoms with van der Waals surface area (Å²) >= 11 is 6.34. The van der Waals surface area contributed by atoms with Gasteiger partial charge in [0.15, 0.2) is 0 Å². The fraction of sp³-hybridized carbons (Fsp3) is 0.130. The second-order valence-electron chi connectivity index (χ2n) is 7.06. The maximum atomic E-state index is 13.8. The molecule has 2 aliphatic rings. The first kappa shape index (κ1) is 17.9. The van der Waals surface area contributed by atoms with Crippen LogP contribution in [0.25, 0.3) is 0 Å². The number of rotatable bonds is 1. The average Bonchev–Trinajstić information content (AvgIpc) is 2.96. The molecule has 1 spiro atoms. The van der Waals surface area contributed by atoms with E-state index in [1.165, 1.54) is 9.80 Å². The summed E-state index contributed by atoms with van der Waals surface area (Å²) in [5.41, 5.74) is 1.57. The van der Waals surface area contributed by atoms with Crippen molar-refractivity contribution in [3.05, 3.63) is 94.5 Å². The number of para-hydroxylation sites is 2. The number of likely N-dealkylation sites (N-methyl/N-ethyl adjacent to an activating group) is 1. The number of halogens is 1. The molecule has 0 unspecified atom stereocenters. The Morgan fingerprint density at radius 2 is 1.62 bits per heavy atom. The minimum Gasteiger partial charge on any atom is -0.338 e. The predicted octanol–water partition coefficient (Wildman–Crippen LogP) is 4.35. The van der Waals surface area contributed by atoms with Crippen LogP contribution in [0.2, 0.25) is 5.02 Å². The van der Waals surface area contributed by atoms with Gasteiger partial charge in [-0.25, -0.2) is 0 Å². The van der Waals surface area contributed by atoms with Crippen molar-refractivity contribution in [1.29, 1.82) is 0 Å². The highest BCUT2D eigenvalue weighted by atomic mass is 35.5. The molecule has 0 saturated carbocycles. The number of anilines is 2. The first-order valence-corrected chi connectivity index (χ1v) is 9.62. The Kier molecular flexibility index (Phi) is 3.98. The van der Waals surface area contributed by atoms with Crippen LogP contribution < -0.4 is 9.80 Å². The number of nitrogens with zero attached hydrogens (tertiary/aromatic N) is 2. The maximum Gasteiger partial charge on any atom is 0.285 e. The summed E-state index contributed by atoms with van der Waals surface area (Å²) in [6.07, 6.45) is 0. The molecule has 5 rings (SSSR count). The standard InChI is InChI=1S/C23H17ClN2O3/c1-25-20-13-7-4-10-17(20)23(22(25)28)26(19-12-6-2-8-15(19)14-29-23)21(27)16-9-3-5-11-18(16)24/h2-13H,14H2,1H3/t23-/m1/s1. The van der Waals surface area contributed by atoms with E-state index in [0.29, 0.717) is 27.5 Å². The molecular formula is C23H17ClN2O3. The maximum absolute atomic E-state index is 13.8. The normalized spacial score (nSPS) is 20.0. The summed E-state index contributed by atoms with van der Waals surface area (Å²) in [5.74, 6) is -0.699. The van der Waals surface area contributed by atoms with Crippen molar-refractivity contribution in [3.8, 4) is 0 Å². The number of ether oxygens (including phenoxy) is 1. The minimum atomic E-state index is -1.57. The zero-order chi connectivity index (χ0) is 20.2. The van der Waals surface area contributed by atoms with Crippen molar-refractivity contribution in [2.75, 3.05) is 16.8 Å². The lowest BCUT2D eigenvalue weighted by Gasteiger charge is -2.43. The average molecular weight is 405 g/mol. The molecule has 144 valence electrons. The molecule has 29 heavy (non-hydrogen) atoms. The molecule has 3 aromatic rings. The van der Waals surface area contributed by atoms with Crippen LogP contribution in [0, 0.1) is 0 Å². The van der Waals surface area contributed by atoms with Gasteiger partial charge in [-0.3, -0.25) is 14.5 Å². The van der Waals surface area contributed by atoms with E-state index in [2.05, 4.69) is 0 Å². The quantitative estimate of drug-likeness (QED) is 0.606. The molecule has 2 amide bonds.